The molecule has 0 saturated heterocycles. The summed E-state index contributed by atoms with van der Waals surface area (Å²) in [5.74, 6) is 1.13. The maximum absolute atomic E-state index is 3.97. The number of thioether (sulfide) groups is 1. The first-order chi connectivity index (χ1) is 5.66. The van der Waals surface area contributed by atoms with E-state index < -0.39 is 0 Å². The van der Waals surface area contributed by atoms with Crippen molar-refractivity contribution in [2.75, 3.05) is 18.8 Å². The lowest BCUT2D eigenvalue weighted by Gasteiger charge is -2.06. The average molecular weight is 252 g/mol. The van der Waals surface area contributed by atoms with Gasteiger partial charge < -0.3 is 5.32 Å². The molecule has 0 aromatic heterocycles. The van der Waals surface area contributed by atoms with Gasteiger partial charge >= 0.3 is 0 Å². The monoisotopic (exact) mass is 251 g/mol. The minimum atomic E-state index is 0.560. The van der Waals surface area contributed by atoms with Gasteiger partial charge in [-0.2, -0.15) is 0 Å². The zero-order chi connectivity index (χ0) is 9.40. The van der Waals surface area contributed by atoms with E-state index >= 15 is 0 Å². The number of nitrogens with one attached hydrogen (secondary N) is 1. The van der Waals surface area contributed by atoms with Gasteiger partial charge in [0.05, 0.1) is 0 Å². The quantitative estimate of drug-likeness (QED) is 0.552. The summed E-state index contributed by atoms with van der Waals surface area (Å²) in [5, 5.41) is 3.35. The first kappa shape index (κ1) is 12.5. The van der Waals surface area contributed by atoms with Crippen molar-refractivity contribution in [3.8, 4) is 0 Å². The molecule has 72 valence electrons. The van der Waals surface area contributed by atoms with Crippen molar-refractivity contribution in [3.05, 3.63) is 11.5 Å². The standard InChI is InChI=1S/C9H18BrNS/c1-4-12-9(3)5-6-11-7-8(2)10/h8,11H,3-7H2,1-2H3. The lowest BCUT2D eigenvalue weighted by Crippen LogP contribution is -2.22. The highest BCUT2D eigenvalue weighted by atomic mass is 79.9. The van der Waals surface area contributed by atoms with Crippen LogP contribution in [0.15, 0.2) is 11.5 Å². The van der Waals surface area contributed by atoms with Crippen LogP contribution in [0.4, 0.5) is 0 Å². The lowest BCUT2D eigenvalue weighted by molar-refractivity contribution is 0.689. The minimum Gasteiger partial charge on any atom is -0.315 e. The van der Waals surface area contributed by atoms with Gasteiger partial charge in [0.1, 0.15) is 0 Å². The highest BCUT2D eigenvalue weighted by Crippen LogP contribution is 2.15. The van der Waals surface area contributed by atoms with Gasteiger partial charge in [0, 0.05) is 11.4 Å². The Balaban J connectivity index is 3.14. The summed E-state index contributed by atoms with van der Waals surface area (Å²) in [6, 6.07) is 0. The van der Waals surface area contributed by atoms with Crippen molar-refractivity contribution in [1.29, 1.82) is 0 Å². The summed E-state index contributed by atoms with van der Waals surface area (Å²) in [6.45, 7) is 10.3. The lowest BCUT2D eigenvalue weighted by atomic mass is 10.4. The third-order valence-electron chi connectivity index (χ3n) is 1.35. The molecule has 0 aromatic rings. The Hall–Kier alpha value is 0.530. The maximum atomic E-state index is 3.97. The van der Waals surface area contributed by atoms with Crippen LogP contribution < -0.4 is 5.32 Å². The summed E-state index contributed by atoms with van der Waals surface area (Å²) in [5.41, 5.74) is 0. The summed E-state index contributed by atoms with van der Waals surface area (Å²) in [4.78, 5) is 1.84. The van der Waals surface area contributed by atoms with Crippen LogP contribution in [-0.4, -0.2) is 23.7 Å². The molecule has 0 saturated carbocycles. The first-order valence-electron chi connectivity index (χ1n) is 4.32. The fourth-order valence-corrected chi connectivity index (χ4v) is 1.69. The van der Waals surface area contributed by atoms with Gasteiger partial charge in [-0.3, -0.25) is 0 Å². The van der Waals surface area contributed by atoms with Crippen molar-refractivity contribution in [2.45, 2.75) is 25.1 Å². The Bertz CT molecular complexity index is 126. The van der Waals surface area contributed by atoms with E-state index in [1.54, 1.807) is 0 Å². The molecule has 0 amide bonds. The largest absolute Gasteiger partial charge is 0.315 e. The molecular formula is C9H18BrNS. The van der Waals surface area contributed by atoms with Gasteiger partial charge in [-0.05, 0) is 23.6 Å². The van der Waals surface area contributed by atoms with Crippen LogP contribution in [-0.2, 0) is 0 Å². The molecular weight excluding hydrogens is 234 g/mol. The molecule has 0 bridgehead atoms. The van der Waals surface area contributed by atoms with E-state index in [-0.39, 0.29) is 0 Å². The van der Waals surface area contributed by atoms with Crippen LogP contribution in [0.25, 0.3) is 0 Å². The van der Waals surface area contributed by atoms with E-state index in [0.29, 0.717) is 4.83 Å². The molecule has 0 aromatic carbocycles. The zero-order valence-corrected chi connectivity index (χ0v) is 10.3. The summed E-state index contributed by atoms with van der Waals surface area (Å²) in [7, 11) is 0. The summed E-state index contributed by atoms with van der Waals surface area (Å²) in [6.07, 6.45) is 1.08. The van der Waals surface area contributed by atoms with E-state index in [1.807, 2.05) is 11.8 Å². The van der Waals surface area contributed by atoms with Crippen molar-refractivity contribution in [3.63, 3.8) is 0 Å². The molecule has 0 heterocycles. The number of rotatable bonds is 7. The van der Waals surface area contributed by atoms with Crippen molar-refractivity contribution in [2.24, 2.45) is 0 Å². The molecule has 1 atom stereocenters. The third-order valence-corrected chi connectivity index (χ3v) is 2.58. The minimum absolute atomic E-state index is 0.560. The van der Waals surface area contributed by atoms with Crippen LogP contribution in [0.5, 0.6) is 0 Å². The van der Waals surface area contributed by atoms with Crippen LogP contribution >= 0.6 is 27.7 Å². The average Bonchev–Trinajstić information content (AvgIpc) is 1.98. The fraction of sp³-hybridized carbons (Fsp3) is 0.778. The molecule has 1 N–H and O–H groups in total. The predicted molar refractivity (Wildman–Crippen MR) is 63.1 cm³/mol. The Morgan fingerprint density at radius 2 is 2.33 bits per heavy atom. The molecule has 1 nitrogen and oxygen atoms in total. The highest BCUT2D eigenvalue weighted by Gasteiger charge is 1.95. The van der Waals surface area contributed by atoms with Gasteiger partial charge in [0.2, 0.25) is 0 Å². The van der Waals surface area contributed by atoms with E-state index in [9.17, 15) is 0 Å². The second kappa shape index (κ2) is 8.14. The first-order valence-corrected chi connectivity index (χ1v) is 6.22. The number of halogens is 1. The zero-order valence-electron chi connectivity index (χ0n) is 7.90. The molecule has 0 spiro atoms. The van der Waals surface area contributed by atoms with Crippen molar-refractivity contribution in [1.82, 2.24) is 5.32 Å². The van der Waals surface area contributed by atoms with Crippen molar-refractivity contribution >= 4 is 27.7 Å². The second-order valence-corrected chi connectivity index (χ2v) is 5.71. The van der Waals surface area contributed by atoms with E-state index in [4.69, 9.17) is 0 Å². The maximum Gasteiger partial charge on any atom is 0.0242 e. The molecule has 0 radical (unpaired) electrons. The Morgan fingerprint density at radius 1 is 1.67 bits per heavy atom. The van der Waals surface area contributed by atoms with E-state index in [2.05, 4.69) is 41.7 Å². The fourth-order valence-electron chi connectivity index (χ4n) is 0.805. The SMILES string of the molecule is C=C(CCNCC(C)Br)SCC. The molecule has 1 unspecified atom stereocenters. The molecule has 0 rings (SSSR count). The normalized spacial score (nSPS) is 12.9. The smallest absolute Gasteiger partial charge is 0.0242 e. The van der Waals surface area contributed by atoms with Gasteiger partial charge in [-0.25, -0.2) is 0 Å². The Kier molecular flexibility index (Phi) is 8.50. The number of alkyl halides is 1. The van der Waals surface area contributed by atoms with Gasteiger partial charge in [-0.1, -0.05) is 36.4 Å². The van der Waals surface area contributed by atoms with Crippen LogP contribution in [0.3, 0.4) is 0 Å². The number of hydrogen-bond donors (Lipinski definition) is 1. The molecule has 0 aliphatic carbocycles. The number of hydrogen-bond acceptors (Lipinski definition) is 2. The topological polar surface area (TPSA) is 12.0 Å². The van der Waals surface area contributed by atoms with Crippen LogP contribution in [0.1, 0.15) is 20.3 Å². The van der Waals surface area contributed by atoms with E-state index in [0.717, 1.165) is 25.3 Å². The molecule has 12 heavy (non-hydrogen) atoms. The molecule has 0 fully saturated rings. The van der Waals surface area contributed by atoms with Gasteiger partial charge in [-0.15, -0.1) is 11.8 Å². The van der Waals surface area contributed by atoms with Gasteiger partial charge in [0.25, 0.3) is 0 Å². The molecule has 0 aliphatic rings. The second-order valence-electron chi connectivity index (χ2n) is 2.71. The molecule has 3 heteroatoms. The highest BCUT2D eigenvalue weighted by molar-refractivity contribution is 9.09. The molecule has 0 aliphatic heterocycles. The Labute approximate surface area is 88.5 Å². The van der Waals surface area contributed by atoms with Crippen LogP contribution in [0.2, 0.25) is 0 Å². The van der Waals surface area contributed by atoms with Gasteiger partial charge in [0.15, 0.2) is 0 Å². The van der Waals surface area contributed by atoms with Crippen LogP contribution in [0, 0.1) is 0 Å². The van der Waals surface area contributed by atoms with Crippen molar-refractivity contribution < 1.29 is 0 Å². The third kappa shape index (κ3) is 8.62. The Morgan fingerprint density at radius 3 is 2.83 bits per heavy atom. The van der Waals surface area contributed by atoms with E-state index in [1.165, 1.54) is 4.91 Å². The summed E-state index contributed by atoms with van der Waals surface area (Å²) >= 11 is 5.33. The summed E-state index contributed by atoms with van der Waals surface area (Å²) < 4.78 is 0. The predicted octanol–water partition coefficient (Wildman–Crippen LogP) is 3.02.